The van der Waals surface area contributed by atoms with Crippen molar-refractivity contribution in [3.05, 3.63) is 83.3 Å². The van der Waals surface area contributed by atoms with Crippen molar-refractivity contribution in [2.45, 2.75) is 19.2 Å². The summed E-state index contributed by atoms with van der Waals surface area (Å²) < 4.78 is 48.5. The number of ether oxygens (including phenoxy) is 1. The molecule has 3 aromatic rings. The lowest BCUT2D eigenvalue weighted by molar-refractivity contribution is -0.137. The van der Waals surface area contributed by atoms with Gasteiger partial charge in [-0.25, -0.2) is 0 Å². The summed E-state index contributed by atoms with van der Waals surface area (Å²) >= 11 is 0. The van der Waals surface area contributed by atoms with Gasteiger partial charge in [0.05, 0.1) is 11.8 Å². The Morgan fingerprint density at radius 1 is 1.09 bits per heavy atom. The number of halogens is 3. The van der Waals surface area contributed by atoms with Crippen LogP contribution < -0.4 is 15.4 Å². The third-order valence-corrected chi connectivity index (χ3v) is 4.59. The number of hydrogen-bond donors (Lipinski definition) is 3. The number of furan rings is 1. The number of hydrogen-bond acceptors (Lipinski definition) is 5. The molecule has 0 radical (unpaired) electrons. The number of benzene rings is 2. The molecule has 3 N–H and O–H groups in total. The van der Waals surface area contributed by atoms with E-state index in [0.717, 1.165) is 17.7 Å². The molecule has 2 amide bonds. The molecule has 174 valence electrons. The van der Waals surface area contributed by atoms with Gasteiger partial charge >= 0.3 is 6.18 Å². The van der Waals surface area contributed by atoms with Crippen molar-refractivity contribution in [1.82, 2.24) is 5.32 Å². The molecule has 0 bridgehead atoms. The summed E-state index contributed by atoms with van der Waals surface area (Å²) in [6.07, 6.45) is -4.30. The second-order valence-corrected chi connectivity index (χ2v) is 7.16. The first-order chi connectivity index (χ1) is 15.6. The predicted molar refractivity (Wildman–Crippen MR) is 113 cm³/mol. The largest absolute Gasteiger partial charge is 0.491 e. The highest BCUT2D eigenvalue weighted by Crippen LogP contribution is 2.31. The molecule has 2 aromatic carbocycles. The maximum Gasteiger partial charge on any atom is 0.416 e. The standard InChI is InChI=1S/C23H21F3N2O5/c1-14-7-8-15(10-19(14)28-22(31)20-6-3-9-32-20)21(30)27-12-17(29)13-33-18-5-2-4-16(11-18)23(24,25)26/h2-11,17,29H,12-13H2,1H3,(H,27,30)(H,28,31). The minimum atomic E-state index is -4.50. The van der Waals surface area contributed by atoms with E-state index in [1.54, 1.807) is 25.1 Å². The summed E-state index contributed by atoms with van der Waals surface area (Å²) in [6, 6.07) is 12.1. The van der Waals surface area contributed by atoms with Gasteiger partial charge in [0, 0.05) is 17.8 Å². The average molecular weight is 462 g/mol. The number of carbonyl (C=O) groups excluding carboxylic acids is 2. The zero-order chi connectivity index (χ0) is 24.0. The van der Waals surface area contributed by atoms with Gasteiger partial charge in [-0.2, -0.15) is 13.2 Å². The van der Waals surface area contributed by atoms with Gasteiger partial charge in [0.1, 0.15) is 18.5 Å². The molecule has 1 aromatic heterocycles. The second-order valence-electron chi connectivity index (χ2n) is 7.16. The Labute approximate surface area is 187 Å². The molecule has 33 heavy (non-hydrogen) atoms. The van der Waals surface area contributed by atoms with Crippen molar-refractivity contribution in [2.75, 3.05) is 18.5 Å². The molecule has 0 aliphatic rings. The van der Waals surface area contributed by atoms with Gasteiger partial charge in [0.2, 0.25) is 0 Å². The second kappa shape index (κ2) is 10.2. The van der Waals surface area contributed by atoms with Crippen LogP contribution in [0.15, 0.2) is 65.3 Å². The van der Waals surface area contributed by atoms with Crippen LogP contribution in [0.5, 0.6) is 5.75 Å². The Balaban J connectivity index is 1.53. The van der Waals surface area contributed by atoms with Crippen LogP contribution in [-0.2, 0) is 6.18 Å². The lowest BCUT2D eigenvalue weighted by Gasteiger charge is -2.15. The van der Waals surface area contributed by atoms with E-state index in [2.05, 4.69) is 10.6 Å². The predicted octanol–water partition coefficient (Wildman–Crippen LogP) is 4.03. The SMILES string of the molecule is Cc1ccc(C(=O)NCC(O)COc2cccc(C(F)(F)F)c2)cc1NC(=O)c1ccco1. The molecule has 10 heteroatoms. The van der Waals surface area contributed by atoms with Crippen LogP contribution in [0.25, 0.3) is 0 Å². The molecule has 0 saturated carbocycles. The quantitative estimate of drug-likeness (QED) is 0.469. The van der Waals surface area contributed by atoms with Gasteiger partial charge in [0.25, 0.3) is 11.8 Å². The molecular weight excluding hydrogens is 441 g/mol. The molecule has 3 rings (SSSR count). The zero-order valence-corrected chi connectivity index (χ0v) is 17.5. The van der Waals surface area contributed by atoms with E-state index >= 15 is 0 Å². The lowest BCUT2D eigenvalue weighted by Crippen LogP contribution is -2.35. The van der Waals surface area contributed by atoms with E-state index in [1.807, 2.05) is 0 Å². The number of amides is 2. The lowest BCUT2D eigenvalue weighted by atomic mass is 10.1. The minimum absolute atomic E-state index is 0.0503. The summed E-state index contributed by atoms with van der Waals surface area (Å²) in [5, 5.41) is 15.2. The monoisotopic (exact) mass is 462 g/mol. The first-order valence-corrected chi connectivity index (χ1v) is 9.85. The van der Waals surface area contributed by atoms with E-state index in [-0.39, 0.29) is 30.2 Å². The Morgan fingerprint density at radius 2 is 1.88 bits per heavy atom. The maximum absolute atomic E-state index is 12.8. The third-order valence-electron chi connectivity index (χ3n) is 4.59. The van der Waals surface area contributed by atoms with Gasteiger partial charge in [-0.3, -0.25) is 9.59 Å². The zero-order valence-electron chi connectivity index (χ0n) is 17.5. The van der Waals surface area contributed by atoms with Crippen LogP contribution in [0, 0.1) is 6.92 Å². The van der Waals surface area contributed by atoms with Crippen LogP contribution >= 0.6 is 0 Å². The van der Waals surface area contributed by atoms with E-state index in [1.165, 1.54) is 30.5 Å². The highest BCUT2D eigenvalue weighted by atomic mass is 19.4. The van der Waals surface area contributed by atoms with Gasteiger partial charge in [0.15, 0.2) is 5.76 Å². The topological polar surface area (TPSA) is 101 Å². The normalized spacial score (nSPS) is 12.2. The van der Waals surface area contributed by atoms with E-state index in [0.29, 0.717) is 5.69 Å². The summed E-state index contributed by atoms with van der Waals surface area (Å²) in [6.45, 7) is 1.24. The number of rotatable bonds is 8. The van der Waals surface area contributed by atoms with Crippen LogP contribution in [0.3, 0.4) is 0 Å². The summed E-state index contributed by atoms with van der Waals surface area (Å²) in [7, 11) is 0. The first kappa shape index (κ1) is 23.9. The van der Waals surface area contributed by atoms with Crippen molar-refractivity contribution in [1.29, 1.82) is 0 Å². The molecule has 7 nitrogen and oxygen atoms in total. The van der Waals surface area contributed by atoms with Crippen molar-refractivity contribution in [2.24, 2.45) is 0 Å². The van der Waals surface area contributed by atoms with E-state index in [4.69, 9.17) is 9.15 Å². The molecule has 1 atom stereocenters. The fraction of sp³-hybridized carbons (Fsp3) is 0.217. The number of nitrogens with one attached hydrogen (secondary N) is 2. The Morgan fingerprint density at radius 3 is 2.58 bits per heavy atom. The maximum atomic E-state index is 12.8. The van der Waals surface area contributed by atoms with Crippen molar-refractivity contribution < 1.29 is 37.0 Å². The first-order valence-electron chi connectivity index (χ1n) is 9.85. The number of aryl methyl sites for hydroxylation is 1. The van der Waals surface area contributed by atoms with Crippen LogP contribution in [0.1, 0.15) is 32.0 Å². The fourth-order valence-electron chi connectivity index (χ4n) is 2.82. The highest BCUT2D eigenvalue weighted by Gasteiger charge is 2.30. The molecule has 1 heterocycles. The highest BCUT2D eigenvalue weighted by molar-refractivity contribution is 6.03. The number of anilines is 1. The summed E-state index contributed by atoms with van der Waals surface area (Å²) in [5.41, 5.74) is 0.511. The Kier molecular flexibility index (Phi) is 7.39. The molecule has 0 saturated heterocycles. The van der Waals surface area contributed by atoms with E-state index in [9.17, 15) is 27.9 Å². The molecular formula is C23H21F3N2O5. The Hall–Kier alpha value is -3.79. The van der Waals surface area contributed by atoms with Gasteiger partial charge in [-0.05, 0) is 55.0 Å². The molecule has 0 aliphatic heterocycles. The van der Waals surface area contributed by atoms with Crippen molar-refractivity contribution in [3.8, 4) is 5.75 Å². The van der Waals surface area contributed by atoms with Crippen LogP contribution in [-0.4, -0.2) is 36.2 Å². The molecule has 0 spiro atoms. The van der Waals surface area contributed by atoms with Gasteiger partial charge in [-0.15, -0.1) is 0 Å². The number of aliphatic hydroxyl groups is 1. The number of carbonyl (C=O) groups is 2. The van der Waals surface area contributed by atoms with E-state index < -0.39 is 29.7 Å². The third kappa shape index (κ3) is 6.59. The molecule has 0 aliphatic carbocycles. The van der Waals surface area contributed by atoms with Gasteiger partial charge < -0.3 is 24.9 Å². The molecule has 0 fully saturated rings. The van der Waals surface area contributed by atoms with Gasteiger partial charge in [-0.1, -0.05) is 12.1 Å². The summed E-state index contributed by atoms with van der Waals surface area (Å²) in [4.78, 5) is 24.6. The number of aliphatic hydroxyl groups excluding tert-OH is 1. The average Bonchev–Trinajstić information content (AvgIpc) is 3.32. The van der Waals surface area contributed by atoms with Crippen LogP contribution in [0.4, 0.5) is 18.9 Å². The van der Waals surface area contributed by atoms with Crippen LogP contribution in [0.2, 0.25) is 0 Å². The number of alkyl halides is 3. The van der Waals surface area contributed by atoms with Crippen molar-refractivity contribution >= 4 is 17.5 Å². The fourth-order valence-corrected chi connectivity index (χ4v) is 2.82. The summed E-state index contributed by atoms with van der Waals surface area (Å²) in [5.74, 6) is -0.914. The molecule has 1 unspecified atom stereocenters. The Bertz CT molecular complexity index is 1110. The smallest absolute Gasteiger partial charge is 0.416 e. The minimum Gasteiger partial charge on any atom is -0.491 e. The van der Waals surface area contributed by atoms with Crippen molar-refractivity contribution in [3.63, 3.8) is 0 Å².